The van der Waals surface area contributed by atoms with Crippen LogP contribution in [0.1, 0.15) is 30.1 Å². The van der Waals surface area contributed by atoms with Gasteiger partial charge in [-0.3, -0.25) is 4.79 Å². The molecule has 0 spiro atoms. The van der Waals surface area contributed by atoms with E-state index in [9.17, 15) is 9.59 Å². The van der Waals surface area contributed by atoms with Crippen LogP contribution in [-0.4, -0.2) is 18.5 Å². The first kappa shape index (κ1) is 16.1. The molecular formula is C19H20N2O3. The summed E-state index contributed by atoms with van der Waals surface area (Å²) in [6, 6.07) is 14.7. The van der Waals surface area contributed by atoms with Crippen LogP contribution in [0, 0.1) is 5.92 Å². The summed E-state index contributed by atoms with van der Waals surface area (Å²) in [5.74, 6) is -0.0224. The van der Waals surface area contributed by atoms with Gasteiger partial charge in [0.1, 0.15) is 0 Å². The van der Waals surface area contributed by atoms with Crippen molar-refractivity contribution in [3.8, 4) is 0 Å². The number of ether oxygens (including phenoxy) is 1. The van der Waals surface area contributed by atoms with Crippen LogP contribution in [0.25, 0.3) is 0 Å². The number of anilines is 3. The molecule has 2 aromatic rings. The largest absolute Gasteiger partial charge is 0.462 e. The molecule has 1 saturated carbocycles. The summed E-state index contributed by atoms with van der Waals surface area (Å²) in [4.78, 5) is 23.3. The lowest BCUT2D eigenvalue weighted by Crippen LogP contribution is -2.13. The summed E-state index contributed by atoms with van der Waals surface area (Å²) in [5.41, 5.74) is 3.11. The maximum absolute atomic E-state index is 11.7. The third-order valence-corrected chi connectivity index (χ3v) is 3.79. The lowest BCUT2D eigenvalue weighted by molar-refractivity contribution is -0.117. The normalized spacial score (nSPS) is 13.2. The molecule has 0 unspecified atom stereocenters. The van der Waals surface area contributed by atoms with Crippen molar-refractivity contribution in [2.24, 2.45) is 5.92 Å². The number of rotatable bonds is 6. The van der Waals surface area contributed by atoms with Crippen molar-refractivity contribution < 1.29 is 14.3 Å². The van der Waals surface area contributed by atoms with Gasteiger partial charge >= 0.3 is 5.97 Å². The van der Waals surface area contributed by atoms with E-state index in [2.05, 4.69) is 10.6 Å². The van der Waals surface area contributed by atoms with Crippen molar-refractivity contribution in [2.75, 3.05) is 17.2 Å². The number of nitrogens with one attached hydrogen (secondary N) is 2. The zero-order valence-electron chi connectivity index (χ0n) is 13.5. The third kappa shape index (κ3) is 4.13. The van der Waals surface area contributed by atoms with Gasteiger partial charge in [0.05, 0.1) is 12.2 Å². The monoisotopic (exact) mass is 324 g/mol. The highest BCUT2D eigenvalue weighted by Crippen LogP contribution is 2.30. The lowest BCUT2D eigenvalue weighted by Gasteiger charge is -2.09. The topological polar surface area (TPSA) is 67.4 Å². The maximum Gasteiger partial charge on any atom is 0.338 e. The molecule has 0 atom stereocenters. The fourth-order valence-electron chi connectivity index (χ4n) is 2.30. The van der Waals surface area contributed by atoms with Gasteiger partial charge in [-0.25, -0.2) is 4.79 Å². The van der Waals surface area contributed by atoms with Crippen molar-refractivity contribution in [3.05, 3.63) is 54.1 Å². The molecule has 5 nitrogen and oxygen atoms in total. The van der Waals surface area contributed by atoms with Gasteiger partial charge in [-0.15, -0.1) is 0 Å². The number of carbonyl (C=O) groups excluding carboxylic acids is 2. The van der Waals surface area contributed by atoms with Crippen LogP contribution in [-0.2, 0) is 9.53 Å². The van der Waals surface area contributed by atoms with Gasteiger partial charge in [-0.05, 0) is 68.3 Å². The summed E-state index contributed by atoms with van der Waals surface area (Å²) >= 11 is 0. The Morgan fingerprint density at radius 2 is 1.50 bits per heavy atom. The molecule has 2 aromatic carbocycles. The van der Waals surface area contributed by atoms with E-state index in [-0.39, 0.29) is 17.8 Å². The molecule has 1 amide bonds. The zero-order chi connectivity index (χ0) is 16.9. The Labute approximate surface area is 141 Å². The average molecular weight is 324 g/mol. The van der Waals surface area contributed by atoms with Crippen molar-refractivity contribution in [3.63, 3.8) is 0 Å². The molecule has 0 radical (unpaired) electrons. The Balaban J connectivity index is 1.59. The van der Waals surface area contributed by atoms with Crippen LogP contribution in [0.15, 0.2) is 48.5 Å². The minimum atomic E-state index is -0.320. The predicted molar refractivity (Wildman–Crippen MR) is 93.5 cm³/mol. The summed E-state index contributed by atoms with van der Waals surface area (Å²) in [5, 5.41) is 6.16. The number of amides is 1. The van der Waals surface area contributed by atoms with Crippen molar-refractivity contribution >= 4 is 28.9 Å². The van der Waals surface area contributed by atoms with E-state index in [4.69, 9.17) is 4.74 Å². The first-order valence-corrected chi connectivity index (χ1v) is 8.11. The van der Waals surface area contributed by atoms with Crippen LogP contribution in [0.5, 0.6) is 0 Å². The molecule has 0 heterocycles. The number of hydrogen-bond donors (Lipinski definition) is 2. The standard InChI is InChI=1S/C19H20N2O3/c1-2-24-19(23)14-5-7-15(8-6-14)20-16-9-11-17(12-10-16)21-18(22)13-3-4-13/h5-13,20H,2-4H2,1H3,(H,21,22). The zero-order valence-corrected chi connectivity index (χ0v) is 13.5. The Morgan fingerprint density at radius 1 is 0.958 bits per heavy atom. The molecule has 1 aliphatic carbocycles. The van der Waals surface area contributed by atoms with Crippen LogP contribution in [0.3, 0.4) is 0 Å². The van der Waals surface area contributed by atoms with Gasteiger partial charge in [0.2, 0.25) is 5.91 Å². The van der Waals surface area contributed by atoms with Crippen LogP contribution in [0.2, 0.25) is 0 Å². The van der Waals surface area contributed by atoms with E-state index in [1.807, 2.05) is 36.4 Å². The van der Waals surface area contributed by atoms with Crippen LogP contribution >= 0.6 is 0 Å². The molecule has 2 N–H and O–H groups in total. The fourth-order valence-corrected chi connectivity index (χ4v) is 2.30. The molecule has 0 aromatic heterocycles. The molecular weight excluding hydrogens is 304 g/mol. The predicted octanol–water partition coefficient (Wildman–Crippen LogP) is 3.96. The second-order valence-corrected chi connectivity index (χ2v) is 5.76. The summed E-state index contributed by atoms with van der Waals surface area (Å²) in [6.07, 6.45) is 1.99. The van der Waals surface area contributed by atoms with Gasteiger partial charge in [-0.2, -0.15) is 0 Å². The summed E-state index contributed by atoms with van der Waals surface area (Å²) < 4.78 is 4.96. The molecule has 1 aliphatic rings. The lowest BCUT2D eigenvalue weighted by atomic mass is 10.2. The van der Waals surface area contributed by atoms with E-state index in [1.54, 1.807) is 19.1 Å². The first-order valence-electron chi connectivity index (χ1n) is 8.11. The third-order valence-electron chi connectivity index (χ3n) is 3.79. The SMILES string of the molecule is CCOC(=O)c1ccc(Nc2ccc(NC(=O)C3CC3)cc2)cc1. The summed E-state index contributed by atoms with van der Waals surface area (Å²) in [7, 11) is 0. The van der Waals surface area contributed by atoms with Gasteiger partial charge in [0.15, 0.2) is 0 Å². The molecule has 1 fully saturated rings. The van der Waals surface area contributed by atoms with Gasteiger partial charge in [0.25, 0.3) is 0 Å². The van der Waals surface area contributed by atoms with Crippen LogP contribution < -0.4 is 10.6 Å². The second-order valence-electron chi connectivity index (χ2n) is 5.76. The Bertz CT molecular complexity index is 719. The maximum atomic E-state index is 11.7. The Kier molecular flexibility index (Phi) is 4.79. The number of carbonyl (C=O) groups is 2. The molecule has 5 heteroatoms. The molecule has 124 valence electrons. The highest BCUT2D eigenvalue weighted by molar-refractivity contribution is 5.94. The quantitative estimate of drug-likeness (QED) is 0.789. The summed E-state index contributed by atoms with van der Waals surface area (Å²) in [6.45, 7) is 2.15. The highest BCUT2D eigenvalue weighted by Gasteiger charge is 2.29. The molecule has 0 saturated heterocycles. The van der Waals surface area contributed by atoms with E-state index < -0.39 is 0 Å². The van der Waals surface area contributed by atoms with E-state index in [1.165, 1.54) is 0 Å². The Morgan fingerprint density at radius 3 is 2.04 bits per heavy atom. The van der Waals surface area contributed by atoms with Crippen molar-refractivity contribution in [2.45, 2.75) is 19.8 Å². The van der Waals surface area contributed by atoms with Gasteiger partial charge in [0, 0.05) is 23.0 Å². The number of benzene rings is 2. The minimum absolute atomic E-state index is 0.102. The molecule has 0 bridgehead atoms. The first-order chi connectivity index (χ1) is 11.7. The highest BCUT2D eigenvalue weighted by atomic mass is 16.5. The number of hydrogen-bond acceptors (Lipinski definition) is 4. The molecule has 24 heavy (non-hydrogen) atoms. The van der Waals surface area contributed by atoms with E-state index >= 15 is 0 Å². The van der Waals surface area contributed by atoms with Gasteiger partial charge < -0.3 is 15.4 Å². The van der Waals surface area contributed by atoms with E-state index in [0.717, 1.165) is 29.9 Å². The molecule has 0 aliphatic heterocycles. The van der Waals surface area contributed by atoms with Crippen LogP contribution in [0.4, 0.5) is 17.1 Å². The van der Waals surface area contributed by atoms with Crippen molar-refractivity contribution in [1.29, 1.82) is 0 Å². The number of esters is 1. The average Bonchev–Trinajstić information content (AvgIpc) is 3.42. The van der Waals surface area contributed by atoms with Gasteiger partial charge in [-0.1, -0.05) is 0 Å². The Hall–Kier alpha value is -2.82. The van der Waals surface area contributed by atoms with Crippen molar-refractivity contribution in [1.82, 2.24) is 0 Å². The smallest absolute Gasteiger partial charge is 0.338 e. The minimum Gasteiger partial charge on any atom is -0.462 e. The second kappa shape index (κ2) is 7.17. The molecule has 3 rings (SSSR count). The fraction of sp³-hybridized carbons (Fsp3) is 0.263. The van der Waals surface area contributed by atoms with E-state index in [0.29, 0.717) is 12.2 Å².